The zero-order valence-corrected chi connectivity index (χ0v) is 13.9. The molecule has 2 aliphatic rings. The van der Waals surface area contributed by atoms with Crippen molar-refractivity contribution in [3.8, 4) is 23.0 Å². The van der Waals surface area contributed by atoms with E-state index in [0.29, 0.717) is 47.5 Å². The molecule has 0 saturated heterocycles. The molecular weight excluding hydrogens is 324 g/mol. The minimum atomic E-state index is -0.435. The third kappa shape index (κ3) is 2.57. The van der Waals surface area contributed by atoms with Crippen LogP contribution in [0.15, 0.2) is 30.3 Å². The molecule has 25 heavy (non-hydrogen) atoms. The van der Waals surface area contributed by atoms with Crippen molar-refractivity contribution in [2.45, 2.75) is 6.17 Å². The number of benzene rings is 2. The van der Waals surface area contributed by atoms with Gasteiger partial charge in [-0.25, -0.2) is 0 Å². The zero-order valence-electron chi connectivity index (χ0n) is 13.9. The van der Waals surface area contributed by atoms with Crippen LogP contribution in [0.1, 0.15) is 22.1 Å². The molecule has 4 rings (SSSR count). The fourth-order valence-electron chi connectivity index (χ4n) is 3.07. The summed E-state index contributed by atoms with van der Waals surface area (Å²) in [6.45, 7) is 0.993. The van der Waals surface area contributed by atoms with Crippen LogP contribution in [-0.2, 0) is 0 Å². The van der Waals surface area contributed by atoms with Crippen LogP contribution in [-0.4, -0.2) is 33.3 Å². The molecule has 7 heteroatoms. The number of para-hydroxylation sites is 1. The van der Waals surface area contributed by atoms with Gasteiger partial charge in [0.15, 0.2) is 23.0 Å². The van der Waals surface area contributed by atoms with Crippen molar-refractivity contribution in [3.63, 3.8) is 0 Å². The van der Waals surface area contributed by atoms with Crippen LogP contribution in [0, 0.1) is 0 Å². The quantitative estimate of drug-likeness (QED) is 0.891. The first-order valence-electron chi connectivity index (χ1n) is 7.93. The molecule has 2 aliphatic heterocycles. The van der Waals surface area contributed by atoms with Crippen LogP contribution in [0.4, 0.5) is 5.69 Å². The van der Waals surface area contributed by atoms with Gasteiger partial charge in [0, 0.05) is 11.6 Å². The summed E-state index contributed by atoms with van der Waals surface area (Å²) in [5.74, 6) is 2.18. The third-order valence-corrected chi connectivity index (χ3v) is 4.25. The first-order valence-corrected chi connectivity index (χ1v) is 7.93. The molecule has 1 atom stereocenters. The summed E-state index contributed by atoms with van der Waals surface area (Å²) < 4.78 is 22.0. The van der Waals surface area contributed by atoms with Gasteiger partial charge in [0.05, 0.1) is 25.5 Å². The Morgan fingerprint density at radius 2 is 1.80 bits per heavy atom. The molecule has 0 unspecified atom stereocenters. The van der Waals surface area contributed by atoms with Crippen molar-refractivity contribution < 1.29 is 23.7 Å². The number of nitrogens with one attached hydrogen (secondary N) is 2. The number of ether oxygens (including phenoxy) is 4. The molecule has 0 aromatic heterocycles. The summed E-state index contributed by atoms with van der Waals surface area (Å²) >= 11 is 0. The fourth-order valence-corrected chi connectivity index (χ4v) is 3.07. The van der Waals surface area contributed by atoms with Gasteiger partial charge in [0.25, 0.3) is 5.91 Å². The number of methoxy groups -OCH3 is 2. The summed E-state index contributed by atoms with van der Waals surface area (Å²) in [6, 6.07) is 9.04. The monoisotopic (exact) mass is 342 g/mol. The lowest BCUT2D eigenvalue weighted by atomic mass is 10.0. The summed E-state index contributed by atoms with van der Waals surface area (Å²) in [4.78, 5) is 12.6. The van der Waals surface area contributed by atoms with Crippen LogP contribution in [0.25, 0.3) is 0 Å². The minimum absolute atomic E-state index is 0.200. The second-order valence-electron chi connectivity index (χ2n) is 5.68. The van der Waals surface area contributed by atoms with Gasteiger partial charge in [-0.1, -0.05) is 12.1 Å². The zero-order chi connectivity index (χ0) is 17.4. The topological polar surface area (TPSA) is 78.1 Å². The Balaban J connectivity index is 1.74. The Labute approximate surface area is 144 Å². The number of carbonyl (C=O) groups is 1. The maximum Gasteiger partial charge on any atom is 0.255 e. The Morgan fingerprint density at radius 1 is 1.04 bits per heavy atom. The first kappa shape index (κ1) is 15.4. The Bertz CT molecular complexity index is 836. The van der Waals surface area contributed by atoms with Gasteiger partial charge in [-0.3, -0.25) is 4.79 Å². The standard InChI is InChI=1S/C18H18N2O5/c1-22-14-8-11-12(9-15(14)23-2)19-17(20-18(11)21)10-4-3-5-13-16(10)25-7-6-24-13/h3-5,8-9,17,19H,6-7H2,1-2H3,(H,20,21)/t17-/m0/s1. The molecule has 2 N–H and O–H groups in total. The summed E-state index contributed by atoms with van der Waals surface area (Å²) in [7, 11) is 3.10. The summed E-state index contributed by atoms with van der Waals surface area (Å²) in [5, 5.41) is 6.26. The SMILES string of the molecule is COc1cc2c(cc1OC)C(=O)N[C@@H](c1cccc3c1OCCO3)N2. The number of hydrogen-bond acceptors (Lipinski definition) is 6. The largest absolute Gasteiger partial charge is 0.493 e. The average molecular weight is 342 g/mol. The number of anilines is 1. The van der Waals surface area contributed by atoms with E-state index in [9.17, 15) is 4.79 Å². The van der Waals surface area contributed by atoms with E-state index < -0.39 is 6.17 Å². The molecule has 0 radical (unpaired) electrons. The van der Waals surface area contributed by atoms with E-state index in [-0.39, 0.29) is 5.91 Å². The van der Waals surface area contributed by atoms with E-state index in [4.69, 9.17) is 18.9 Å². The molecular formula is C18H18N2O5. The third-order valence-electron chi connectivity index (χ3n) is 4.25. The van der Waals surface area contributed by atoms with Gasteiger partial charge >= 0.3 is 0 Å². The maximum absolute atomic E-state index is 12.6. The van der Waals surface area contributed by atoms with Gasteiger partial charge < -0.3 is 29.6 Å². The molecule has 0 aliphatic carbocycles. The highest BCUT2D eigenvalue weighted by atomic mass is 16.6. The van der Waals surface area contributed by atoms with Crippen molar-refractivity contribution in [2.75, 3.05) is 32.8 Å². The van der Waals surface area contributed by atoms with E-state index >= 15 is 0 Å². The minimum Gasteiger partial charge on any atom is -0.493 e. The van der Waals surface area contributed by atoms with Crippen LogP contribution in [0.3, 0.4) is 0 Å². The number of fused-ring (bicyclic) bond motifs is 2. The second-order valence-corrected chi connectivity index (χ2v) is 5.68. The van der Waals surface area contributed by atoms with Crippen molar-refractivity contribution in [3.05, 3.63) is 41.5 Å². The normalized spacial score (nSPS) is 17.8. The lowest BCUT2D eigenvalue weighted by Crippen LogP contribution is -2.39. The highest BCUT2D eigenvalue weighted by Crippen LogP contribution is 2.41. The molecule has 2 aromatic rings. The van der Waals surface area contributed by atoms with Crippen molar-refractivity contribution in [2.24, 2.45) is 0 Å². The summed E-state index contributed by atoms with van der Waals surface area (Å²) in [5.41, 5.74) is 1.97. The van der Waals surface area contributed by atoms with E-state index in [2.05, 4.69) is 10.6 Å². The average Bonchev–Trinajstić information content (AvgIpc) is 2.66. The molecule has 7 nitrogen and oxygen atoms in total. The smallest absolute Gasteiger partial charge is 0.255 e. The van der Waals surface area contributed by atoms with Crippen molar-refractivity contribution in [1.82, 2.24) is 5.32 Å². The lowest BCUT2D eigenvalue weighted by molar-refractivity contribution is 0.0933. The van der Waals surface area contributed by atoms with Crippen molar-refractivity contribution >= 4 is 11.6 Å². The van der Waals surface area contributed by atoms with E-state index in [1.54, 1.807) is 19.2 Å². The Kier molecular flexibility index (Phi) is 3.76. The van der Waals surface area contributed by atoms with Gasteiger partial charge in [0.2, 0.25) is 0 Å². The van der Waals surface area contributed by atoms with Crippen LogP contribution in [0.2, 0.25) is 0 Å². The Hall–Kier alpha value is -3.09. The van der Waals surface area contributed by atoms with Gasteiger partial charge in [-0.05, 0) is 12.1 Å². The van der Waals surface area contributed by atoms with Crippen LogP contribution >= 0.6 is 0 Å². The molecule has 0 bridgehead atoms. The molecule has 2 aromatic carbocycles. The second kappa shape index (κ2) is 6.08. The molecule has 2 heterocycles. The Morgan fingerprint density at radius 3 is 2.60 bits per heavy atom. The van der Waals surface area contributed by atoms with Crippen molar-refractivity contribution in [1.29, 1.82) is 0 Å². The van der Waals surface area contributed by atoms with Crippen LogP contribution < -0.4 is 29.6 Å². The highest BCUT2D eigenvalue weighted by Gasteiger charge is 2.30. The van der Waals surface area contributed by atoms with E-state index in [1.165, 1.54) is 7.11 Å². The maximum atomic E-state index is 12.6. The highest BCUT2D eigenvalue weighted by molar-refractivity contribution is 6.02. The lowest BCUT2D eigenvalue weighted by Gasteiger charge is -2.31. The molecule has 0 spiro atoms. The van der Waals surface area contributed by atoms with Gasteiger partial charge in [0.1, 0.15) is 19.4 Å². The molecule has 0 fully saturated rings. The van der Waals surface area contributed by atoms with Crippen LogP contribution in [0.5, 0.6) is 23.0 Å². The number of hydrogen-bond donors (Lipinski definition) is 2. The molecule has 1 amide bonds. The fraction of sp³-hybridized carbons (Fsp3) is 0.278. The molecule has 130 valence electrons. The van der Waals surface area contributed by atoms with Gasteiger partial charge in [-0.2, -0.15) is 0 Å². The number of rotatable bonds is 3. The van der Waals surface area contributed by atoms with E-state index in [0.717, 1.165) is 5.56 Å². The van der Waals surface area contributed by atoms with E-state index in [1.807, 2.05) is 18.2 Å². The number of amides is 1. The molecule has 0 saturated carbocycles. The predicted octanol–water partition coefficient (Wildman–Crippen LogP) is 2.33. The summed E-state index contributed by atoms with van der Waals surface area (Å²) in [6.07, 6.45) is -0.435. The van der Waals surface area contributed by atoms with Gasteiger partial charge in [-0.15, -0.1) is 0 Å². The first-order chi connectivity index (χ1) is 12.2. The predicted molar refractivity (Wildman–Crippen MR) is 90.8 cm³/mol. The number of carbonyl (C=O) groups excluding carboxylic acids is 1.